The number of benzene rings is 1. The molecular weight excluding hydrogens is 250 g/mol. The van der Waals surface area contributed by atoms with Crippen molar-refractivity contribution >= 4 is 11.7 Å². The third-order valence-corrected chi connectivity index (χ3v) is 4.01. The monoisotopic (exact) mass is 275 g/mol. The van der Waals surface area contributed by atoms with Crippen molar-refractivity contribution in [3.05, 3.63) is 29.8 Å². The second-order valence-corrected chi connectivity index (χ2v) is 5.73. The van der Waals surface area contributed by atoms with E-state index in [0.717, 1.165) is 30.1 Å². The molecular formula is C16H25N3O. The number of amides is 2. The molecule has 2 amide bonds. The zero-order chi connectivity index (χ0) is 14.4. The maximum Gasteiger partial charge on any atom is 0.319 e. The first kappa shape index (κ1) is 14.9. The van der Waals surface area contributed by atoms with E-state index in [9.17, 15) is 4.79 Å². The fourth-order valence-corrected chi connectivity index (χ4v) is 2.73. The molecule has 110 valence electrons. The number of nitrogens with one attached hydrogen (secondary N) is 2. The molecule has 0 spiro atoms. The summed E-state index contributed by atoms with van der Waals surface area (Å²) in [4.78, 5) is 11.8. The third-order valence-electron chi connectivity index (χ3n) is 4.01. The number of rotatable bonds is 5. The predicted octanol–water partition coefficient (Wildman–Crippen LogP) is 3.41. The van der Waals surface area contributed by atoms with E-state index in [2.05, 4.69) is 10.6 Å². The Kier molecular flexibility index (Phi) is 5.41. The van der Waals surface area contributed by atoms with Crippen LogP contribution in [0.1, 0.15) is 50.6 Å². The molecule has 1 aliphatic rings. The fraction of sp³-hybridized carbons (Fsp3) is 0.562. The van der Waals surface area contributed by atoms with Gasteiger partial charge in [0.25, 0.3) is 0 Å². The van der Waals surface area contributed by atoms with E-state index < -0.39 is 0 Å². The lowest BCUT2D eigenvalue weighted by Crippen LogP contribution is -2.30. The Bertz CT molecular complexity index is 422. The van der Waals surface area contributed by atoms with Gasteiger partial charge in [-0.2, -0.15) is 0 Å². The average molecular weight is 275 g/mol. The number of carbonyl (C=O) groups is 1. The van der Waals surface area contributed by atoms with Gasteiger partial charge < -0.3 is 16.4 Å². The van der Waals surface area contributed by atoms with E-state index >= 15 is 0 Å². The molecule has 1 unspecified atom stereocenters. The van der Waals surface area contributed by atoms with Crippen molar-refractivity contribution < 1.29 is 4.79 Å². The zero-order valence-corrected chi connectivity index (χ0v) is 12.2. The number of carbonyl (C=O) groups excluding carboxylic acids is 1. The van der Waals surface area contributed by atoms with Gasteiger partial charge in [0.15, 0.2) is 0 Å². The highest BCUT2D eigenvalue weighted by Crippen LogP contribution is 2.26. The van der Waals surface area contributed by atoms with Gasteiger partial charge >= 0.3 is 6.03 Å². The average Bonchev–Trinajstić information content (AvgIpc) is 2.92. The van der Waals surface area contributed by atoms with Gasteiger partial charge in [0.2, 0.25) is 0 Å². The van der Waals surface area contributed by atoms with Crippen LogP contribution in [0.15, 0.2) is 24.3 Å². The molecule has 4 N–H and O–H groups in total. The first-order chi connectivity index (χ1) is 9.65. The number of urea groups is 1. The molecule has 0 bridgehead atoms. The van der Waals surface area contributed by atoms with Crippen molar-refractivity contribution in [3.63, 3.8) is 0 Å². The topological polar surface area (TPSA) is 67.1 Å². The van der Waals surface area contributed by atoms with Crippen molar-refractivity contribution in [3.8, 4) is 0 Å². The minimum atomic E-state index is -0.128. The molecule has 1 fully saturated rings. The van der Waals surface area contributed by atoms with Crippen LogP contribution in [-0.4, -0.2) is 12.6 Å². The minimum absolute atomic E-state index is 0.0179. The van der Waals surface area contributed by atoms with Gasteiger partial charge in [0.05, 0.1) is 0 Å². The van der Waals surface area contributed by atoms with Crippen LogP contribution >= 0.6 is 0 Å². The third kappa shape index (κ3) is 4.53. The van der Waals surface area contributed by atoms with E-state index in [1.807, 2.05) is 31.2 Å². The first-order valence-electron chi connectivity index (χ1n) is 7.55. The van der Waals surface area contributed by atoms with E-state index in [4.69, 9.17) is 5.73 Å². The number of hydrogen-bond acceptors (Lipinski definition) is 2. The largest absolute Gasteiger partial charge is 0.338 e. The molecule has 20 heavy (non-hydrogen) atoms. The predicted molar refractivity (Wildman–Crippen MR) is 82.6 cm³/mol. The van der Waals surface area contributed by atoms with Crippen molar-refractivity contribution in [1.82, 2.24) is 5.32 Å². The van der Waals surface area contributed by atoms with Crippen molar-refractivity contribution in [1.29, 1.82) is 0 Å². The molecule has 1 aromatic rings. The highest BCUT2D eigenvalue weighted by atomic mass is 16.2. The Morgan fingerprint density at radius 3 is 2.55 bits per heavy atom. The summed E-state index contributed by atoms with van der Waals surface area (Å²) in [6.45, 7) is 2.70. The van der Waals surface area contributed by atoms with Crippen molar-refractivity contribution in [2.45, 2.75) is 45.1 Å². The molecule has 1 aliphatic carbocycles. The van der Waals surface area contributed by atoms with Crippen molar-refractivity contribution in [2.24, 2.45) is 11.7 Å². The van der Waals surface area contributed by atoms with E-state index in [1.54, 1.807) is 0 Å². The molecule has 0 aromatic heterocycles. The summed E-state index contributed by atoms with van der Waals surface area (Å²) in [6.07, 6.45) is 6.44. The molecule has 0 radical (unpaired) electrons. The zero-order valence-electron chi connectivity index (χ0n) is 12.2. The summed E-state index contributed by atoms with van der Waals surface area (Å²) in [5.74, 6) is 0.806. The Morgan fingerprint density at radius 2 is 1.95 bits per heavy atom. The highest BCUT2D eigenvalue weighted by Gasteiger charge is 2.14. The lowest BCUT2D eigenvalue weighted by molar-refractivity contribution is 0.251. The Morgan fingerprint density at radius 1 is 1.30 bits per heavy atom. The van der Waals surface area contributed by atoms with Crippen LogP contribution in [0.25, 0.3) is 0 Å². The fourth-order valence-electron chi connectivity index (χ4n) is 2.73. The summed E-state index contributed by atoms with van der Waals surface area (Å²) >= 11 is 0. The molecule has 0 heterocycles. The Balaban J connectivity index is 1.70. The summed E-state index contributed by atoms with van der Waals surface area (Å²) in [6, 6.07) is 7.54. The Hall–Kier alpha value is -1.55. The summed E-state index contributed by atoms with van der Waals surface area (Å²) < 4.78 is 0. The molecule has 0 aliphatic heterocycles. The van der Waals surface area contributed by atoms with Crippen molar-refractivity contribution in [2.75, 3.05) is 11.9 Å². The SMILES string of the molecule is CC(N)c1ccc(NC(=O)NCCC2CCCC2)cc1. The lowest BCUT2D eigenvalue weighted by Gasteiger charge is -2.11. The van der Waals surface area contributed by atoms with Crippen LogP contribution in [0.3, 0.4) is 0 Å². The number of hydrogen-bond donors (Lipinski definition) is 3. The van der Waals surface area contributed by atoms with Crippen LogP contribution in [0.4, 0.5) is 10.5 Å². The number of anilines is 1. The summed E-state index contributed by atoms with van der Waals surface area (Å²) in [7, 11) is 0. The number of nitrogens with two attached hydrogens (primary N) is 1. The molecule has 1 aromatic carbocycles. The van der Waals surface area contributed by atoms with Gasteiger partial charge in [0, 0.05) is 18.3 Å². The molecule has 0 saturated heterocycles. The van der Waals surface area contributed by atoms with Crippen LogP contribution in [0.2, 0.25) is 0 Å². The summed E-state index contributed by atoms with van der Waals surface area (Å²) in [5.41, 5.74) is 7.66. The second kappa shape index (κ2) is 7.29. The normalized spacial score (nSPS) is 16.9. The van der Waals surface area contributed by atoms with Gasteiger partial charge in [-0.15, -0.1) is 0 Å². The van der Waals surface area contributed by atoms with E-state index in [1.165, 1.54) is 25.7 Å². The van der Waals surface area contributed by atoms with Gasteiger partial charge in [-0.05, 0) is 37.0 Å². The second-order valence-electron chi connectivity index (χ2n) is 5.73. The smallest absolute Gasteiger partial charge is 0.319 e. The molecule has 1 saturated carbocycles. The first-order valence-corrected chi connectivity index (χ1v) is 7.55. The van der Waals surface area contributed by atoms with Gasteiger partial charge in [0.1, 0.15) is 0 Å². The van der Waals surface area contributed by atoms with Gasteiger partial charge in [-0.25, -0.2) is 4.79 Å². The molecule has 4 heteroatoms. The molecule has 1 atom stereocenters. The molecule has 4 nitrogen and oxygen atoms in total. The van der Waals surface area contributed by atoms with Crippen LogP contribution in [0, 0.1) is 5.92 Å². The van der Waals surface area contributed by atoms with E-state index in [-0.39, 0.29) is 12.1 Å². The Labute approximate surface area is 121 Å². The maximum atomic E-state index is 11.8. The van der Waals surface area contributed by atoms with Crippen LogP contribution in [0.5, 0.6) is 0 Å². The maximum absolute atomic E-state index is 11.8. The molecule has 2 rings (SSSR count). The standard InChI is InChI=1S/C16H25N3O/c1-12(17)14-6-8-15(9-7-14)19-16(20)18-11-10-13-4-2-3-5-13/h6-9,12-13H,2-5,10-11,17H2,1H3,(H2,18,19,20). The summed E-state index contributed by atoms with van der Waals surface area (Å²) in [5, 5.41) is 5.76. The van der Waals surface area contributed by atoms with E-state index in [0.29, 0.717) is 0 Å². The van der Waals surface area contributed by atoms with Crippen LogP contribution < -0.4 is 16.4 Å². The van der Waals surface area contributed by atoms with Crippen LogP contribution in [-0.2, 0) is 0 Å². The van der Waals surface area contributed by atoms with Gasteiger partial charge in [-0.1, -0.05) is 37.8 Å². The van der Waals surface area contributed by atoms with Gasteiger partial charge in [-0.3, -0.25) is 0 Å². The highest BCUT2D eigenvalue weighted by molar-refractivity contribution is 5.89. The minimum Gasteiger partial charge on any atom is -0.338 e. The quantitative estimate of drug-likeness (QED) is 0.771. The lowest BCUT2D eigenvalue weighted by atomic mass is 10.0.